The van der Waals surface area contributed by atoms with E-state index in [2.05, 4.69) is 22.8 Å². The SMILES string of the molecule is CC(CCC(=O)O)CNC(=O)NCC1Cc2ccccc21. The number of rotatable bonds is 7. The zero-order valence-corrected chi connectivity index (χ0v) is 12.3. The van der Waals surface area contributed by atoms with Gasteiger partial charge in [0.15, 0.2) is 0 Å². The molecule has 0 saturated carbocycles. The summed E-state index contributed by atoms with van der Waals surface area (Å²) in [6.45, 7) is 3.08. The van der Waals surface area contributed by atoms with Crippen molar-refractivity contribution in [1.82, 2.24) is 10.6 Å². The summed E-state index contributed by atoms with van der Waals surface area (Å²) < 4.78 is 0. The molecule has 3 N–H and O–H groups in total. The Hall–Kier alpha value is -2.04. The minimum absolute atomic E-state index is 0.142. The smallest absolute Gasteiger partial charge is 0.314 e. The van der Waals surface area contributed by atoms with Gasteiger partial charge in [-0.3, -0.25) is 4.79 Å². The van der Waals surface area contributed by atoms with Crippen LogP contribution in [0.5, 0.6) is 0 Å². The molecule has 1 aliphatic carbocycles. The summed E-state index contributed by atoms with van der Waals surface area (Å²) in [4.78, 5) is 22.2. The number of nitrogens with one attached hydrogen (secondary N) is 2. The van der Waals surface area contributed by atoms with Gasteiger partial charge >= 0.3 is 12.0 Å². The van der Waals surface area contributed by atoms with Gasteiger partial charge in [-0.05, 0) is 29.9 Å². The zero-order chi connectivity index (χ0) is 15.2. The monoisotopic (exact) mass is 290 g/mol. The van der Waals surface area contributed by atoms with Crippen molar-refractivity contribution < 1.29 is 14.7 Å². The average molecular weight is 290 g/mol. The molecule has 0 radical (unpaired) electrons. The van der Waals surface area contributed by atoms with Gasteiger partial charge in [0, 0.05) is 25.4 Å². The summed E-state index contributed by atoms with van der Waals surface area (Å²) in [5.74, 6) is -0.220. The summed E-state index contributed by atoms with van der Waals surface area (Å²) in [5, 5.41) is 14.3. The maximum atomic E-state index is 11.7. The number of aliphatic carboxylic acids is 1. The van der Waals surface area contributed by atoms with Crippen LogP contribution in [0.2, 0.25) is 0 Å². The lowest BCUT2D eigenvalue weighted by Crippen LogP contribution is -2.41. The molecule has 0 aromatic heterocycles. The van der Waals surface area contributed by atoms with E-state index in [1.807, 2.05) is 19.1 Å². The second-order valence-corrected chi connectivity index (χ2v) is 5.73. The molecule has 0 heterocycles. The van der Waals surface area contributed by atoms with Crippen molar-refractivity contribution in [3.8, 4) is 0 Å². The van der Waals surface area contributed by atoms with E-state index in [4.69, 9.17) is 5.11 Å². The molecule has 5 nitrogen and oxygen atoms in total. The first-order valence-corrected chi connectivity index (χ1v) is 7.37. The third kappa shape index (κ3) is 4.48. The van der Waals surface area contributed by atoms with Gasteiger partial charge in [0.2, 0.25) is 0 Å². The number of amides is 2. The lowest BCUT2D eigenvalue weighted by Gasteiger charge is -2.30. The summed E-state index contributed by atoms with van der Waals surface area (Å²) in [6, 6.07) is 8.11. The number of benzene rings is 1. The van der Waals surface area contributed by atoms with Crippen molar-refractivity contribution in [3.05, 3.63) is 35.4 Å². The molecule has 2 amide bonds. The number of hydrogen-bond acceptors (Lipinski definition) is 2. The zero-order valence-electron chi connectivity index (χ0n) is 12.3. The number of urea groups is 1. The number of fused-ring (bicyclic) bond motifs is 1. The fraction of sp³-hybridized carbons (Fsp3) is 0.500. The fourth-order valence-electron chi connectivity index (χ4n) is 2.56. The quantitative estimate of drug-likeness (QED) is 0.720. The molecule has 0 saturated heterocycles. The first-order valence-electron chi connectivity index (χ1n) is 7.37. The van der Waals surface area contributed by atoms with Crippen LogP contribution in [0.3, 0.4) is 0 Å². The molecule has 2 atom stereocenters. The lowest BCUT2D eigenvalue weighted by molar-refractivity contribution is -0.137. The number of carboxylic acids is 1. The lowest BCUT2D eigenvalue weighted by atomic mass is 9.78. The highest BCUT2D eigenvalue weighted by Crippen LogP contribution is 2.33. The van der Waals surface area contributed by atoms with E-state index in [-0.39, 0.29) is 18.4 Å². The van der Waals surface area contributed by atoms with Crippen LogP contribution in [0.4, 0.5) is 4.79 Å². The average Bonchev–Trinajstić information content (AvgIpc) is 2.43. The molecule has 5 heteroatoms. The van der Waals surface area contributed by atoms with E-state index >= 15 is 0 Å². The van der Waals surface area contributed by atoms with Gasteiger partial charge in [0.25, 0.3) is 0 Å². The predicted molar refractivity (Wildman–Crippen MR) is 80.3 cm³/mol. The van der Waals surface area contributed by atoms with Crippen molar-refractivity contribution in [1.29, 1.82) is 0 Å². The van der Waals surface area contributed by atoms with Crippen molar-refractivity contribution in [3.63, 3.8) is 0 Å². The molecule has 1 aromatic carbocycles. The number of carboxylic acid groups (broad SMARTS) is 1. The largest absolute Gasteiger partial charge is 0.481 e. The fourth-order valence-corrected chi connectivity index (χ4v) is 2.56. The van der Waals surface area contributed by atoms with Crippen LogP contribution in [0.1, 0.15) is 36.8 Å². The molecule has 2 rings (SSSR count). The predicted octanol–water partition coefficient (Wildman–Crippen LogP) is 2.13. The Morgan fingerprint density at radius 3 is 2.81 bits per heavy atom. The van der Waals surface area contributed by atoms with Gasteiger partial charge in [-0.1, -0.05) is 31.2 Å². The highest BCUT2D eigenvalue weighted by molar-refractivity contribution is 5.74. The van der Waals surface area contributed by atoms with Crippen LogP contribution in [-0.2, 0) is 11.2 Å². The summed E-state index contributed by atoms with van der Waals surface area (Å²) in [7, 11) is 0. The Kier molecular flexibility index (Phi) is 5.20. The molecule has 2 unspecified atom stereocenters. The number of carbonyl (C=O) groups excluding carboxylic acids is 1. The summed E-state index contributed by atoms with van der Waals surface area (Å²) >= 11 is 0. The Morgan fingerprint density at radius 1 is 1.33 bits per heavy atom. The third-order valence-electron chi connectivity index (χ3n) is 3.93. The van der Waals surface area contributed by atoms with Gasteiger partial charge in [0.1, 0.15) is 0 Å². The molecule has 21 heavy (non-hydrogen) atoms. The molecule has 1 aliphatic rings. The highest BCUT2D eigenvalue weighted by Gasteiger charge is 2.25. The van der Waals surface area contributed by atoms with Crippen molar-refractivity contribution in [2.45, 2.75) is 32.1 Å². The van der Waals surface area contributed by atoms with Crippen LogP contribution in [-0.4, -0.2) is 30.2 Å². The molecular formula is C16H22N2O3. The van der Waals surface area contributed by atoms with Crippen molar-refractivity contribution in [2.75, 3.05) is 13.1 Å². The van der Waals surface area contributed by atoms with Crippen molar-refractivity contribution in [2.24, 2.45) is 5.92 Å². The Morgan fingerprint density at radius 2 is 2.10 bits per heavy atom. The minimum Gasteiger partial charge on any atom is -0.481 e. The molecular weight excluding hydrogens is 268 g/mol. The van der Waals surface area contributed by atoms with E-state index in [1.165, 1.54) is 11.1 Å². The van der Waals surface area contributed by atoms with Gasteiger partial charge in [0.05, 0.1) is 0 Å². The topological polar surface area (TPSA) is 78.4 Å². The van der Waals surface area contributed by atoms with Gasteiger partial charge in [-0.15, -0.1) is 0 Å². The van der Waals surface area contributed by atoms with Crippen LogP contribution >= 0.6 is 0 Å². The van der Waals surface area contributed by atoms with E-state index < -0.39 is 5.97 Å². The van der Waals surface area contributed by atoms with Crippen molar-refractivity contribution >= 4 is 12.0 Å². The van der Waals surface area contributed by atoms with E-state index in [9.17, 15) is 9.59 Å². The second-order valence-electron chi connectivity index (χ2n) is 5.73. The number of hydrogen-bond donors (Lipinski definition) is 3. The summed E-state index contributed by atoms with van der Waals surface area (Å²) in [6.07, 6.45) is 1.74. The third-order valence-corrected chi connectivity index (χ3v) is 3.93. The summed E-state index contributed by atoms with van der Waals surface area (Å²) in [5.41, 5.74) is 2.69. The molecule has 0 fully saturated rings. The molecule has 0 aliphatic heterocycles. The standard InChI is InChI=1S/C16H22N2O3/c1-11(6-7-15(19)20)9-17-16(21)18-10-13-8-12-4-2-3-5-14(12)13/h2-5,11,13H,6-10H2,1H3,(H,19,20)(H2,17,18,21). The van der Waals surface area contributed by atoms with Gasteiger partial charge < -0.3 is 15.7 Å². The van der Waals surface area contributed by atoms with Crippen LogP contribution in [0, 0.1) is 5.92 Å². The van der Waals surface area contributed by atoms with E-state index in [1.54, 1.807) is 0 Å². The van der Waals surface area contributed by atoms with Gasteiger partial charge in [-0.2, -0.15) is 0 Å². The highest BCUT2D eigenvalue weighted by atomic mass is 16.4. The first-order chi connectivity index (χ1) is 10.1. The first kappa shape index (κ1) is 15.4. The molecule has 1 aromatic rings. The Labute approximate surface area is 124 Å². The Balaban J connectivity index is 1.62. The van der Waals surface area contributed by atoms with Gasteiger partial charge in [-0.25, -0.2) is 4.79 Å². The Bertz CT molecular complexity index is 516. The molecule has 0 bridgehead atoms. The van der Waals surface area contributed by atoms with E-state index in [0.717, 1.165) is 6.42 Å². The van der Waals surface area contributed by atoms with Crippen LogP contribution in [0.25, 0.3) is 0 Å². The normalized spacial score (nSPS) is 17.3. The van der Waals surface area contributed by atoms with Crippen LogP contribution in [0.15, 0.2) is 24.3 Å². The maximum Gasteiger partial charge on any atom is 0.314 e. The minimum atomic E-state index is -0.796. The van der Waals surface area contributed by atoms with E-state index in [0.29, 0.717) is 25.4 Å². The number of carbonyl (C=O) groups is 2. The van der Waals surface area contributed by atoms with Crippen LogP contribution < -0.4 is 10.6 Å². The second kappa shape index (κ2) is 7.11. The molecule has 114 valence electrons. The maximum absolute atomic E-state index is 11.7. The molecule has 0 spiro atoms.